The number of thioether (sulfide) groups is 1. The van der Waals surface area contributed by atoms with Crippen LogP contribution >= 0.6 is 11.8 Å². The number of carbonyl (C=O) groups excluding carboxylic acids is 2. The van der Waals surface area contributed by atoms with Crippen LogP contribution in [-0.4, -0.2) is 53.5 Å². The number of nitrogens with zero attached hydrogens (tertiary/aromatic N) is 2. The normalized spacial score (nSPS) is 19.9. The Morgan fingerprint density at radius 3 is 2.67 bits per heavy atom. The number of piperidine rings is 1. The minimum Gasteiger partial charge on any atom is -0.467 e. The quantitative estimate of drug-likeness (QED) is 0.652. The summed E-state index contributed by atoms with van der Waals surface area (Å²) in [6, 6.07) is 11.3. The van der Waals surface area contributed by atoms with Crippen LogP contribution in [0.2, 0.25) is 0 Å². The first kappa shape index (κ1) is 21.0. The highest BCUT2D eigenvalue weighted by atomic mass is 32.2. The Hall–Kier alpha value is -2.25. The number of rotatable bonds is 8. The number of amides is 2. The van der Waals surface area contributed by atoms with E-state index in [-0.39, 0.29) is 17.2 Å². The predicted octanol–water partition coefficient (Wildman–Crippen LogP) is 3.66. The van der Waals surface area contributed by atoms with Gasteiger partial charge in [-0.25, -0.2) is 0 Å². The summed E-state index contributed by atoms with van der Waals surface area (Å²) in [4.78, 5) is 29.1. The molecule has 160 valence electrons. The third-order valence-electron chi connectivity index (χ3n) is 5.72. The Balaban J connectivity index is 1.28. The van der Waals surface area contributed by atoms with Crippen LogP contribution in [0.5, 0.6) is 0 Å². The first-order valence-electron chi connectivity index (χ1n) is 10.7. The summed E-state index contributed by atoms with van der Waals surface area (Å²) < 4.78 is 5.40. The molecule has 1 atom stereocenters. The van der Waals surface area contributed by atoms with Crippen LogP contribution in [0.25, 0.3) is 0 Å². The van der Waals surface area contributed by atoms with E-state index in [1.165, 1.54) is 32.4 Å². The minimum absolute atomic E-state index is 0.0391. The van der Waals surface area contributed by atoms with Gasteiger partial charge in [-0.1, -0.05) is 18.6 Å². The number of hydrogen-bond donors (Lipinski definition) is 1. The number of carbonyl (C=O) groups is 2. The number of hydrogen-bond acceptors (Lipinski definition) is 5. The van der Waals surface area contributed by atoms with Gasteiger partial charge in [0.15, 0.2) is 0 Å². The van der Waals surface area contributed by atoms with Crippen LogP contribution < -0.4 is 5.32 Å². The fourth-order valence-electron chi connectivity index (χ4n) is 4.06. The fraction of sp³-hybridized carbons (Fsp3) is 0.478. The molecule has 6 nitrogen and oxygen atoms in total. The lowest BCUT2D eigenvalue weighted by Crippen LogP contribution is -2.33. The Morgan fingerprint density at radius 1 is 1.13 bits per heavy atom. The van der Waals surface area contributed by atoms with E-state index < -0.39 is 0 Å². The van der Waals surface area contributed by atoms with Gasteiger partial charge in [0.05, 0.1) is 18.6 Å². The first-order chi connectivity index (χ1) is 14.7. The van der Waals surface area contributed by atoms with E-state index in [2.05, 4.69) is 10.2 Å². The maximum absolute atomic E-state index is 12.4. The predicted molar refractivity (Wildman–Crippen MR) is 118 cm³/mol. The van der Waals surface area contributed by atoms with Crippen molar-refractivity contribution in [1.29, 1.82) is 0 Å². The van der Waals surface area contributed by atoms with Crippen LogP contribution in [0.1, 0.15) is 52.7 Å². The molecule has 0 bridgehead atoms. The Kier molecular flexibility index (Phi) is 7.12. The van der Waals surface area contributed by atoms with Gasteiger partial charge >= 0.3 is 0 Å². The van der Waals surface area contributed by atoms with Crippen molar-refractivity contribution >= 4 is 23.6 Å². The lowest BCUT2D eigenvalue weighted by molar-refractivity contribution is -0.128. The van der Waals surface area contributed by atoms with Crippen molar-refractivity contribution in [3.63, 3.8) is 0 Å². The molecule has 1 aromatic heterocycles. The number of nitrogens with one attached hydrogen (secondary N) is 1. The summed E-state index contributed by atoms with van der Waals surface area (Å²) in [6.07, 6.45) is 6.53. The van der Waals surface area contributed by atoms with Crippen LogP contribution in [0.15, 0.2) is 47.1 Å². The van der Waals surface area contributed by atoms with Crippen molar-refractivity contribution in [3.8, 4) is 0 Å². The maximum atomic E-state index is 12.4. The van der Waals surface area contributed by atoms with Crippen molar-refractivity contribution in [1.82, 2.24) is 15.1 Å². The molecule has 2 aromatic rings. The van der Waals surface area contributed by atoms with Crippen molar-refractivity contribution < 1.29 is 14.0 Å². The number of benzene rings is 1. The average molecular weight is 428 g/mol. The molecule has 4 rings (SSSR count). The highest BCUT2D eigenvalue weighted by Crippen LogP contribution is 2.39. The third-order valence-corrected chi connectivity index (χ3v) is 6.97. The summed E-state index contributed by atoms with van der Waals surface area (Å²) in [6.45, 7) is 4.59. The molecule has 0 aliphatic carbocycles. The molecule has 2 fully saturated rings. The minimum atomic E-state index is -0.0516. The standard InChI is InChI=1S/C23H29N3O3S/c27-21-17-30-23(26(21)16-20-6-4-15-29-20)19-9-7-18(8-10-19)22(28)24-11-5-14-25-12-2-1-3-13-25/h4,6-10,15,23H,1-3,5,11-14,16-17H2,(H,24,28)/t23-/m0/s1. The molecule has 1 N–H and O–H groups in total. The lowest BCUT2D eigenvalue weighted by atomic mass is 10.1. The molecule has 30 heavy (non-hydrogen) atoms. The third kappa shape index (κ3) is 5.26. The highest BCUT2D eigenvalue weighted by Gasteiger charge is 2.33. The van der Waals surface area contributed by atoms with Gasteiger partial charge in [-0.3, -0.25) is 9.59 Å². The van der Waals surface area contributed by atoms with Gasteiger partial charge in [-0.15, -0.1) is 11.8 Å². The van der Waals surface area contributed by atoms with E-state index in [1.54, 1.807) is 18.0 Å². The monoisotopic (exact) mass is 427 g/mol. The van der Waals surface area contributed by atoms with Gasteiger partial charge in [-0.05, 0) is 68.7 Å². The van der Waals surface area contributed by atoms with Crippen molar-refractivity contribution in [2.24, 2.45) is 0 Å². The molecule has 0 spiro atoms. The second kappa shape index (κ2) is 10.2. The summed E-state index contributed by atoms with van der Waals surface area (Å²) >= 11 is 1.61. The zero-order valence-corrected chi connectivity index (χ0v) is 18.0. The lowest BCUT2D eigenvalue weighted by Gasteiger charge is -2.26. The van der Waals surface area contributed by atoms with Crippen LogP contribution in [0, 0.1) is 0 Å². The Morgan fingerprint density at radius 2 is 1.93 bits per heavy atom. The largest absolute Gasteiger partial charge is 0.467 e. The SMILES string of the molecule is O=C(NCCCN1CCCCC1)c1ccc([C@@H]2SCC(=O)N2Cc2ccco2)cc1. The number of furan rings is 1. The Labute approximate surface area is 182 Å². The second-order valence-corrected chi connectivity index (χ2v) is 8.97. The molecule has 2 amide bonds. The van der Waals surface area contributed by atoms with Gasteiger partial charge in [-0.2, -0.15) is 0 Å². The summed E-state index contributed by atoms with van der Waals surface area (Å²) in [5, 5.41) is 2.97. The molecule has 2 aliphatic heterocycles. The van der Waals surface area contributed by atoms with Gasteiger partial charge in [0.1, 0.15) is 11.1 Å². The first-order valence-corrected chi connectivity index (χ1v) is 11.8. The maximum Gasteiger partial charge on any atom is 0.251 e. The molecule has 2 saturated heterocycles. The van der Waals surface area contributed by atoms with Crippen LogP contribution in [-0.2, 0) is 11.3 Å². The van der Waals surface area contributed by atoms with E-state index in [9.17, 15) is 9.59 Å². The Bertz CT molecular complexity index is 832. The van der Waals surface area contributed by atoms with Gasteiger partial charge < -0.3 is 19.5 Å². The zero-order chi connectivity index (χ0) is 20.8. The van der Waals surface area contributed by atoms with Gasteiger partial charge in [0.2, 0.25) is 5.91 Å². The van der Waals surface area contributed by atoms with Gasteiger partial charge in [0, 0.05) is 12.1 Å². The molecule has 0 radical (unpaired) electrons. The average Bonchev–Trinajstić information content (AvgIpc) is 3.42. The molecule has 2 aliphatic rings. The smallest absolute Gasteiger partial charge is 0.251 e. The van der Waals surface area contributed by atoms with Crippen LogP contribution in [0.3, 0.4) is 0 Å². The molecule has 7 heteroatoms. The van der Waals surface area contributed by atoms with E-state index in [1.807, 2.05) is 41.3 Å². The molecule has 1 aromatic carbocycles. The van der Waals surface area contributed by atoms with Crippen LogP contribution in [0.4, 0.5) is 0 Å². The van der Waals surface area contributed by atoms with E-state index in [0.717, 1.165) is 24.3 Å². The van der Waals surface area contributed by atoms with Crippen molar-refractivity contribution in [2.45, 2.75) is 37.6 Å². The summed E-state index contributed by atoms with van der Waals surface area (Å²) in [5.41, 5.74) is 1.68. The second-order valence-electron chi connectivity index (χ2n) is 7.90. The molecule has 3 heterocycles. The van der Waals surface area contributed by atoms with Gasteiger partial charge in [0.25, 0.3) is 5.91 Å². The summed E-state index contributed by atoms with van der Waals surface area (Å²) in [7, 11) is 0. The van der Waals surface area contributed by atoms with Crippen molar-refractivity contribution in [3.05, 3.63) is 59.5 Å². The summed E-state index contributed by atoms with van der Waals surface area (Å²) in [5.74, 6) is 1.31. The topological polar surface area (TPSA) is 65.8 Å². The van der Waals surface area contributed by atoms with E-state index >= 15 is 0 Å². The number of likely N-dealkylation sites (tertiary alicyclic amines) is 1. The van der Waals surface area contributed by atoms with Crippen molar-refractivity contribution in [2.75, 3.05) is 31.9 Å². The molecule has 0 unspecified atom stereocenters. The molecular weight excluding hydrogens is 398 g/mol. The van der Waals surface area contributed by atoms with E-state index in [4.69, 9.17) is 4.42 Å². The van der Waals surface area contributed by atoms with E-state index in [0.29, 0.717) is 24.4 Å². The zero-order valence-electron chi connectivity index (χ0n) is 17.2. The molecular formula is C23H29N3O3S. The molecule has 0 saturated carbocycles. The fourth-order valence-corrected chi connectivity index (χ4v) is 5.25. The highest BCUT2D eigenvalue weighted by molar-refractivity contribution is 8.00.